The number of nitrogens with one attached hydrogen (secondary N) is 1. The fraction of sp³-hybridized carbons (Fsp3) is 0.619. The van der Waals surface area contributed by atoms with Crippen molar-refractivity contribution in [1.82, 2.24) is 4.90 Å². The monoisotopic (exact) mass is 360 g/mol. The lowest BCUT2D eigenvalue weighted by Gasteiger charge is -2.35. The van der Waals surface area contributed by atoms with Crippen molar-refractivity contribution in [2.75, 3.05) is 31.5 Å². The van der Waals surface area contributed by atoms with E-state index in [-0.39, 0.29) is 5.75 Å². The predicted octanol–water partition coefficient (Wildman–Crippen LogP) is 4.92. The van der Waals surface area contributed by atoms with E-state index in [1.165, 1.54) is 58.2 Å². The highest BCUT2D eigenvalue weighted by molar-refractivity contribution is 6.32. The molecule has 0 bridgehead atoms. The van der Waals surface area contributed by atoms with Crippen molar-refractivity contribution in [3.63, 3.8) is 0 Å². The molecule has 1 aromatic carbocycles. The highest BCUT2D eigenvalue weighted by atomic mass is 35.5. The van der Waals surface area contributed by atoms with Crippen LogP contribution in [0.5, 0.6) is 5.75 Å². The zero-order valence-electron chi connectivity index (χ0n) is 14.9. The summed E-state index contributed by atoms with van der Waals surface area (Å²) in [5.74, 6) is 1.82. The Balaban J connectivity index is 1.21. The van der Waals surface area contributed by atoms with Crippen LogP contribution >= 0.6 is 11.6 Å². The number of allylic oxidation sites excluding steroid dienone is 2. The minimum Gasteiger partial charge on any atom is -0.506 e. The summed E-state index contributed by atoms with van der Waals surface area (Å²) in [4.78, 5) is 2.71. The smallest absolute Gasteiger partial charge is 0.134 e. The molecule has 136 valence electrons. The first-order valence-corrected chi connectivity index (χ1v) is 10.1. The number of piperidine rings is 1. The van der Waals surface area contributed by atoms with Gasteiger partial charge in [-0.2, -0.15) is 0 Å². The van der Waals surface area contributed by atoms with Crippen molar-refractivity contribution < 1.29 is 5.11 Å². The Morgan fingerprint density at radius 2 is 2.08 bits per heavy atom. The van der Waals surface area contributed by atoms with Gasteiger partial charge in [-0.25, -0.2) is 0 Å². The largest absolute Gasteiger partial charge is 0.506 e. The van der Waals surface area contributed by atoms with Crippen LogP contribution in [-0.2, 0) is 0 Å². The quantitative estimate of drug-likeness (QED) is 0.578. The number of rotatable bonds is 5. The van der Waals surface area contributed by atoms with Gasteiger partial charge in [-0.1, -0.05) is 23.8 Å². The fourth-order valence-corrected chi connectivity index (χ4v) is 4.94. The SMILES string of the molecule is Oc1ccc(NCC2CC23CCN(CC2CC=CCC2)CC3)cc1Cl. The second kappa shape index (κ2) is 7.20. The number of benzene rings is 1. The first-order chi connectivity index (χ1) is 12.1. The number of hydrogen-bond donors (Lipinski definition) is 2. The third-order valence-corrected chi connectivity index (χ3v) is 6.91. The minimum absolute atomic E-state index is 0.149. The summed E-state index contributed by atoms with van der Waals surface area (Å²) in [6.45, 7) is 4.88. The average Bonchev–Trinajstić information content (AvgIpc) is 3.31. The van der Waals surface area contributed by atoms with Gasteiger partial charge in [0.2, 0.25) is 0 Å². The maximum Gasteiger partial charge on any atom is 0.134 e. The number of hydrogen-bond acceptors (Lipinski definition) is 3. The van der Waals surface area contributed by atoms with Crippen molar-refractivity contribution in [2.24, 2.45) is 17.3 Å². The van der Waals surface area contributed by atoms with E-state index >= 15 is 0 Å². The molecule has 2 atom stereocenters. The number of phenolic OH excluding ortho intramolecular Hbond substituents is 1. The molecule has 4 heteroatoms. The van der Waals surface area contributed by atoms with E-state index in [0.717, 1.165) is 24.1 Å². The maximum absolute atomic E-state index is 9.51. The van der Waals surface area contributed by atoms with Gasteiger partial charge in [0.05, 0.1) is 5.02 Å². The van der Waals surface area contributed by atoms with E-state index < -0.39 is 0 Å². The second-order valence-electron chi connectivity index (χ2n) is 8.26. The normalized spacial score (nSPS) is 28.2. The summed E-state index contributed by atoms with van der Waals surface area (Å²) in [5, 5.41) is 13.4. The van der Waals surface area contributed by atoms with E-state index in [0.29, 0.717) is 10.4 Å². The third kappa shape index (κ3) is 3.98. The van der Waals surface area contributed by atoms with E-state index in [4.69, 9.17) is 11.6 Å². The Labute approximate surface area is 156 Å². The molecule has 1 heterocycles. The number of halogens is 1. The first kappa shape index (κ1) is 17.2. The molecule has 1 aliphatic heterocycles. The molecule has 0 radical (unpaired) electrons. The van der Waals surface area contributed by atoms with Crippen LogP contribution in [0, 0.1) is 17.3 Å². The van der Waals surface area contributed by atoms with Crippen LogP contribution in [0.4, 0.5) is 5.69 Å². The molecule has 25 heavy (non-hydrogen) atoms. The standard InChI is InChI=1S/C21H29ClN2O/c22-19-12-18(6-7-20(19)25)23-14-17-13-21(17)8-10-24(11-9-21)15-16-4-2-1-3-5-16/h1-2,6-7,12,16-17,23,25H,3-5,8-11,13-15H2. The molecule has 2 N–H and O–H groups in total. The average molecular weight is 361 g/mol. The Morgan fingerprint density at radius 1 is 1.24 bits per heavy atom. The van der Waals surface area contributed by atoms with Crippen molar-refractivity contribution in [3.05, 3.63) is 35.4 Å². The molecular weight excluding hydrogens is 332 g/mol. The van der Waals surface area contributed by atoms with E-state index in [1.807, 2.05) is 12.1 Å². The third-order valence-electron chi connectivity index (χ3n) is 6.60. The van der Waals surface area contributed by atoms with Crippen molar-refractivity contribution in [2.45, 2.75) is 38.5 Å². The summed E-state index contributed by atoms with van der Waals surface area (Å²) in [7, 11) is 0. The van der Waals surface area contributed by atoms with Crippen LogP contribution in [0.2, 0.25) is 5.02 Å². The molecule has 0 aromatic heterocycles. The molecule has 3 aliphatic rings. The molecule has 1 saturated carbocycles. The van der Waals surface area contributed by atoms with Gasteiger partial charge in [-0.05, 0) is 87.1 Å². The van der Waals surface area contributed by atoms with Crippen LogP contribution in [0.1, 0.15) is 38.5 Å². The number of aromatic hydroxyl groups is 1. The highest BCUT2D eigenvalue weighted by Gasteiger charge is 2.54. The summed E-state index contributed by atoms with van der Waals surface area (Å²) < 4.78 is 0. The van der Waals surface area contributed by atoms with E-state index in [1.54, 1.807) is 6.07 Å². The molecule has 2 aliphatic carbocycles. The van der Waals surface area contributed by atoms with Crippen LogP contribution in [0.25, 0.3) is 0 Å². The van der Waals surface area contributed by atoms with Crippen LogP contribution in [0.15, 0.2) is 30.4 Å². The summed E-state index contributed by atoms with van der Waals surface area (Å²) >= 11 is 5.98. The number of nitrogens with zero attached hydrogens (tertiary/aromatic N) is 1. The number of phenols is 1. The highest BCUT2D eigenvalue weighted by Crippen LogP contribution is 2.59. The summed E-state index contributed by atoms with van der Waals surface area (Å²) in [6.07, 6.45) is 12.7. The fourth-order valence-electron chi connectivity index (χ4n) is 4.76. The Hall–Kier alpha value is -1.19. The van der Waals surface area contributed by atoms with Crippen molar-refractivity contribution in [1.29, 1.82) is 0 Å². The Bertz CT molecular complexity index is 637. The molecule has 1 saturated heterocycles. The zero-order chi connectivity index (χ0) is 17.3. The molecule has 1 spiro atoms. The van der Waals surface area contributed by atoms with Crippen molar-refractivity contribution in [3.8, 4) is 5.75 Å². The second-order valence-corrected chi connectivity index (χ2v) is 8.67. The lowest BCUT2D eigenvalue weighted by atomic mass is 9.88. The van der Waals surface area contributed by atoms with Gasteiger partial charge in [0.25, 0.3) is 0 Å². The minimum atomic E-state index is 0.149. The topological polar surface area (TPSA) is 35.5 Å². The Kier molecular flexibility index (Phi) is 4.97. The number of likely N-dealkylation sites (tertiary alicyclic amines) is 1. The van der Waals surface area contributed by atoms with Gasteiger partial charge in [-0.15, -0.1) is 0 Å². The summed E-state index contributed by atoms with van der Waals surface area (Å²) in [6, 6.07) is 5.37. The van der Waals surface area contributed by atoms with Gasteiger partial charge >= 0.3 is 0 Å². The molecule has 3 nitrogen and oxygen atoms in total. The van der Waals surface area contributed by atoms with E-state index in [2.05, 4.69) is 22.4 Å². The van der Waals surface area contributed by atoms with Crippen LogP contribution < -0.4 is 5.32 Å². The van der Waals surface area contributed by atoms with Gasteiger partial charge in [0, 0.05) is 18.8 Å². The van der Waals surface area contributed by atoms with Gasteiger partial charge in [0.1, 0.15) is 5.75 Å². The lowest BCUT2D eigenvalue weighted by Crippen LogP contribution is -2.38. The zero-order valence-corrected chi connectivity index (χ0v) is 15.6. The summed E-state index contributed by atoms with van der Waals surface area (Å²) in [5.41, 5.74) is 1.60. The molecule has 2 fully saturated rings. The van der Waals surface area contributed by atoms with Crippen molar-refractivity contribution >= 4 is 17.3 Å². The molecular formula is C21H29ClN2O. The molecule has 2 unspecified atom stereocenters. The van der Waals surface area contributed by atoms with E-state index in [9.17, 15) is 5.11 Å². The van der Waals surface area contributed by atoms with Gasteiger partial charge in [-0.3, -0.25) is 0 Å². The molecule has 4 rings (SSSR count). The first-order valence-electron chi connectivity index (χ1n) is 9.74. The number of anilines is 1. The van der Waals surface area contributed by atoms with Gasteiger partial charge in [0.15, 0.2) is 0 Å². The predicted molar refractivity (Wildman–Crippen MR) is 104 cm³/mol. The molecule has 1 aromatic rings. The van der Waals surface area contributed by atoms with Crippen LogP contribution in [0.3, 0.4) is 0 Å². The van der Waals surface area contributed by atoms with Crippen LogP contribution in [-0.4, -0.2) is 36.2 Å². The maximum atomic E-state index is 9.51. The molecule has 0 amide bonds. The lowest BCUT2D eigenvalue weighted by molar-refractivity contribution is 0.140. The Morgan fingerprint density at radius 3 is 2.80 bits per heavy atom. The van der Waals surface area contributed by atoms with Gasteiger partial charge < -0.3 is 15.3 Å².